The molecule has 1 heterocycles. The summed E-state index contributed by atoms with van der Waals surface area (Å²) in [6, 6.07) is 0.978. The highest BCUT2D eigenvalue weighted by atomic mass is 127. The zero-order valence-corrected chi connectivity index (χ0v) is 19.9. The first-order valence-electron chi connectivity index (χ1n) is 9.68. The number of hydrogen-bond acceptors (Lipinski definition) is 3. The first kappa shape index (κ1) is 24.9. The second-order valence-corrected chi connectivity index (χ2v) is 8.42. The lowest BCUT2D eigenvalue weighted by Crippen LogP contribution is -2.53. The summed E-state index contributed by atoms with van der Waals surface area (Å²) in [4.78, 5) is 9.48. The Morgan fingerprint density at radius 2 is 1.72 bits per heavy atom. The molecule has 0 spiro atoms. The van der Waals surface area contributed by atoms with Crippen molar-refractivity contribution in [1.29, 1.82) is 0 Å². The molecule has 1 rings (SSSR count). The fraction of sp³-hybridized carbons (Fsp3) is 0.947. The van der Waals surface area contributed by atoms with Crippen molar-refractivity contribution in [2.45, 2.75) is 66.5 Å². The molecule has 2 atom stereocenters. The number of piperazine rings is 1. The van der Waals surface area contributed by atoms with E-state index >= 15 is 0 Å². The Hall–Kier alpha value is -0.0800. The van der Waals surface area contributed by atoms with Gasteiger partial charge in [-0.3, -0.25) is 9.89 Å². The third kappa shape index (κ3) is 10.6. The van der Waals surface area contributed by atoms with Crippen molar-refractivity contribution in [3.05, 3.63) is 0 Å². The van der Waals surface area contributed by atoms with Crippen LogP contribution in [0.2, 0.25) is 0 Å². The molecule has 25 heavy (non-hydrogen) atoms. The van der Waals surface area contributed by atoms with Crippen molar-refractivity contribution in [3.63, 3.8) is 0 Å². The van der Waals surface area contributed by atoms with Crippen LogP contribution in [0.3, 0.4) is 0 Å². The molecule has 1 aliphatic rings. The van der Waals surface area contributed by atoms with Crippen molar-refractivity contribution >= 4 is 29.9 Å². The first-order valence-corrected chi connectivity index (χ1v) is 9.68. The highest BCUT2D eigenvalue weighted by Crippen LogP contribution is 2.21. The number of rotatable bonds is 7. The second kappa shape index (κ2) is 12.3. The van der Waals surface area contributed by atoms with E-state index in [0.717, 1.165) is 12.5 Å². The van der Waals surface area contributed by atoms with Crippen LogP contribution in [-0.4, -0.2) is 74.2 Å². The lowest BCUT2D eigenvalue weighted by molar-refractivity contribution is 0.107. The van der Waals surface area contributed by atoms with E-state index in [1.807, 2.05) is 7.05 Å². The van der Waals surface area contributed by atoms with Gasteiger partial charge in [0.15, 0.2) is 5.96 Å². The zero-order valence-electron chi connectivity index (χ0n) is 17.6. The van der Waals surface area contributed by atoms with Gasteiger partial charge >= 0.3 is 0 Å². The largest absolute Gasteiger partial charge is 0.355 e. The molecule has 0 aromatic heterocycles. The maximum atomic E-state index is 4.38. The number of halogens is 1. The van der Waals surface area contributed by atoms with Gasteiger partial charge in [0.2, 0.25) is 0 Å². The molecule has 0 aliphatic carbocycles. The van der Waals surface area contributed by atoms with Crippen LogP contribution in [0.1, 0.15) is 54.4 Å². The van der Waals surface area contributed by atoms with Crippen LogP contribution in [0.5, 0.6) is 0 Å². The second-order valence-electron chi connectivity index (χ2n) is 8.42. The lowest BCUT2D eigenvalue weighted by atomic mass is 9.89. The summed E-state index contributed by atoms with van der Waals surface area (Å²) in [5.74, 6) is 0.926. The standard InChI is InChI=1S/C19H41N5.HI/c1-8-23-11-13-24(14-12-23)17(3)15-21-18(20-7)22-16(2)9-10-19(4,5)6;/h16-17H,8-15H2,1-7H3,(H2,20,21,22);1H. The summed E-state index contributed by atoms with van der Waals surface area (Å²) >= 11 is 0. The molecule has 1 aliphatic heterocycles. The Labute approximate surface area is 173 Å². The minimum absolute atomic E-state index is 0. The van der Waals surface area contributed by atoms with Crippen LogP contribution >= 0.6 is 24.0 Å². The third-order valence-electron chi connectivity index (χ3n) is 4.98. The molecule has 6 heteroatoms. The van der Waals surface area contributed by atoms with Crippen molar-refractivity contribution in [1.82, 2.24) is 20.4 Å². The van der Waals surface area contributed by atoms with Crippen LogP contribution < -0.4 is 10.6 Å². The molecule has 0 saturated carbocycles. The Kier molecular flexibility index (Phi) is 12.3. The topological polar surface area (TPSA) is 42.9 Å². The summed E-state index contributed by atoms with van der Waals surface area (Å²) in [5, 5.41) is 7.03. The molecule has 5 nitrogen and oxygen atoms in total. The van der Waals surface area contributed by atoms with Gasteiger partial charge in [-0.1, -0.05) is 27.7 Å². The monoisotopic (exact) mass is 467 g/mol. The van der Waals surface area contributed by atoms with E-state index in [1.54, 1.807) is 0 Å². The predicted molar refractivity (Wildman–Crippen MR) is 121 cm³/mol. The van der Waals surface area contributed by atoms with E-state index in [-0.39, 0.29) is 24.0 Å². The van der Waals surface area contributed by atoms with Crippen LogP contribution in [0, 0.1) is 5.41 Å². The Morgan fingerprint density at radius 3 is 2.20 bits per heavy atom. The molecule has 2 unspecified atom stereocenters. The summed E-state index contributed by atoms with van der Waals surface area (Å²) in [7, 11) is 1.86. The van der Waals surface area contributed by atoms with E-state index in [4.69, 9.17) is 0 Å². The van der Waals surface area contributed by atoms with Crippen molar-refractivity contribution < 1.29 is 0 Å². The zero-order chi connectivity index (χ0) is 18.2. The van der Waals surface area contributed by atoms with E-state index in [2.05, 4.69) is 67.0 Å². The van der Waals surface area contributed by atoms with Gasteiger partial charge in [0.05, 0.1) is 0 Å². The molecule has 0 aromatic rings. The molecular formula is C19H42IN5. The van der Waals surface area contributed by atoms with Crippen molar-refractivity contribution in [3.8, 4) is 0 Å². The number of hydrogen-bond donors (Lipinski definition) is 2. The normalized spacial score (nSPS) is 19.9. The highest BCUT2D eigenvalue weighted by Gasteiger charge is 2.20. The molecule has 0 bridgehead atoms. The third-order valence-corrected chi connectivity index (χ3v) is 4.98. The summed E-state index contributed by atoms with van der Waals surface area (Å²) < 4.78 is 0. The Bertz CT molecular complexity index is 373. The van der Waals surface area contributed by atoms with Gasteiger partial charge in [-0.2, -0.15) is 0 Å². The average molecular weight is 467 g/mol. The molecule has 150 valence electrons. The van der Waals surface area contributed by atoms with E-state index < -0.39 is 0 Å². The number of nitrogens with one attached hydrogen (secondary N) is 2. The van der Waals surface area contributed by atoms with Crippen molar-refractivity contribution in [2.75, 3.05) is 46.3 Å². The minimum Gasteiger partial charge on any atom is -0.355 e. The maximum absolute atomic E-state index is 4.38. The van der Waals surface area contributed by atoms with Gasteiger partial charge in [0, 0.05) is 51.9 Å². The summed E-state index contributed by atoms with van der Waals surface area (Å²) in [5.41, 5.74) is 0.391. The molecule has 1 saturated heterocycles. The lowest BCUT2D eigenvalue weighted by Gasteiger charge is -2.37. The number of likely N-dealkylation sites (N-methyl/N-ethyl adjacent to an activating group) is 1. The summed E-state index contributed by atoms with van der Waals surface area (Å²) in [6.07, 6.45) is 2.38. The minimum atomic E-state index is 0. The fourth-order valence-electron chi connectivity index (χ4n) is 3.04. The van der Waals surface area contributed by atoms with Gasteiger partial charge in [0.25, 0.3) is 0 Å². The van der Waals surface area contributed by atoms with Gasteiger partial charge < -0.3 is 15.5 Å². The molecule has 0 radical (unpaired) electrons. The molecule has 0 aromatic carbocycles. The van der Waals surface area contributed by atoms with Gasteiger partial charge in [0.1, 0.15) is 0 Å². The smallest absolute Gasteiger partial charge is 0.191 e. The van der Waals surface area contributed by atoms with Crippen LogP contribution in [0.25, 0.3) is 0 Å². The van der Waals surface area contributed by atoms with Gasteiger partial charge in [-0.05, 0) is 38.6 Å². The molecular weight excluding hydrogens is 425 g/mol. The van der Waals surface area contributed by atoms with Gasteiger partial charge in [-0.25, -0.2) is 0 Å². The van der Waals surface area contributed by atoms with Crippen LogP contribution in [0.4, 0.5) is 0 Å². The maximum Gasteiger partial charge on any atom is 0.191 e. The molecule has 2 N–H and O–H groups in total. The SMILES string of the molecule is CCN1CCN(C(C)CNC(=NC)NC(C)CCC(C)(C)C)CC1.I. The van der Waals surface area contributed by atoms with E-state index in [1.165, 1.54) is 45.6 Å². The number of aliphatic imine (C=N–C) groups is 1. The average Bonchev–Trinajstić information content (AvgIpc) is 2.55. The molecule has 0 amide bonds. The van der Waals surface area contributed by atoms with Crippen LogP contribution in [0.15, 0.2) is 4.99 Å². The Balaban J connectivity index is 0.00000576. The van der Waals surface area contributed by atoms with Crippen molar-refractivity contribution in [2.24, 2.45) is 10.4 Å². The van der Waals surface area contributed by atoms with E-state index in [0.29, 0.717) is 17.5 Å². The van der Waals surface area contributed by atoms with Gasteiger partial charge in [-0.15, -0.1) is 24.0 Å². The highest BCUT2D eigenvalue weighted by molar-refractivity contribution is 14.0. The number of nitrogens with zero attached hydrogens (tertiary/aromatic N) is 3. The first-order chi connectivity index (χ1) is 11.2. The predicted octanol–water partition coefficient (Wildman–Crippen LogP) is 3.01. The fourth-order valence-corrected chi connectivity index (χ4v) is 3.04. The van der Waals surface area contributed by atoms with Crippen LogP contribution in [-0.2, 0) is 0 Å². The number of guanidine groups is 1. The van der Waals surface area contributed by atoms with E-state index in [9.17, 15) is 0 Å². The summed E-state index contributed by atoms with van der Waals surface area (Å²) in [6.45, 7) is 20.5. The Morgan fingerprint density at radius 1 is 1.12 bits per heavy atom. The molecule has 1 fully saturated rings. The quantitative estimate of drug-likeness (QED) is 0.343.